The van der Waals surface area contributed by atoms with Gasteiger partial charge in [-0.2, -0.15) is 18.3 Å². The van der Waals surface area contributed by atoms with Gasteiger partial charge < -0.3 is 4.90 Å². The van der Waals surface area contributed by atoms with Crippen LogP contribution in [0.4, 0.5) is 13.2 Å². The molecule has 4 rings (SSSR count). The highest BCUT2D eigenvalue weighted by Gasteiger charge is 2.32. The monoisotopic (exact) mass is 392 g/mol. The number of aromatic nitrogens is 5. The summed E-state index contributed by atoms with van der Waals surface area (Å²) >= 11 is 0. The summed E-state index contributed by atoms with van der Waals surface area (Å²) in [5, 5.41) is 12.2. The Labute approximate surface area is 158 Å². The summed E-state index contributed by atoms with van der Waals surface area (Å²) in [5.41, 5.74) is 1.20. The van der Waals surface area contributed by atoms with Crippen LogP contribution in [0.2, 0.25) is 0 Å². The minimum Gasteiger partial charge on any atom is -0.336 e. The molecule has 148 valence electrons. The number of benzene rings is 1. The van der Waals surface area contributed by atoms with E-state index in [0.717, 1.165) is 25.0 Å². The van der Waals surface area contributed by atoms with Gasteiger partial charge in [0.05, 0.1) is 28.4 Å². The average molecular weight is 392 g/mol. The van der Waals surface area contributed by atoms with Gasteiger partial charge in [0.1, 0.15) is 5.52 Å². The third-order valence-corrected chi connectivity index (χ3v) is 5.07. The number of aryl methyl sites for hydroxylation is 2. The maximum atomic E-state index is 12.9. The predicted octanol–water partition coefficient (Wildman–Crippen LogP) is 2.97. The molecule has 0 radical (unpaired) electrons. The first-order valence-corrected chi connectivity index (χ1v) is 8.95. The number of likely N-dealkylation sites (tertiary alicyclic amines) is 1. The fourth-order valence-electron chi connectivity index (χ4n) is 3.71. The second kappa shape index (κ2) is 6.61. The first-order valence-electron chi connectivity index (χ1n) is 8.95. The van der Waals surface area contributed by atoms with E-state index in [1.54, 1.807) is 34.4 Å². The van der Waals surface area contributed by atoms with E-state index in [0.29, 0.717) is 29.9 Å². The van der Waals surface area contributed by atoms with E-state index in [1.165, 1.54) is 6.07 Å². The summed E-state index contributed by atoms with van der Waals surface area (Å²) in [7, 11) is 1.76. The largest absolute Gasteiger partial charge is 0.416 e. The Morgan fingerprint density at radius 1 is 1.29 bits per heavy atom. The molecule has 10 heteroatoms. The van der Waals surface area contributed by atoms with Gasteiger partial charge in [-0.25, -0.2) is 4.68 Å². The Morgan fingerprint density at radius 2 is 2.07 bits per heavy atom. The van der Waals surface area contributed by atoms with Crippen molar-refractivity contribution < 1.29 is 18.0 Å². The molecule has 0 spiro atoms. The molecule has 1 atom stereocenters. The van der Waals surface area contributed by atoms with Gasteiger partial charge in [-0.3, -0.25) is 9.48 Å². The Kier molecular flexibility index (Phi) is 4.35. The molecule has 0 unspecified atom stereocenters. The zero-order valence-electron chi connectivity index (χ0n) is 15.4. The maximum absolute atomic E-state index is 12.9. The van der Waals surface area contributed by atoms with Gasteiger partial charge >= 0.3 is 6.18 Å². The van der Waals surface area contributed by atoms with Crippen molar-refractivity contribution in [2.75, 3.05) is 13.1 Å². The van der Waals surface area contributed by atoms with Crippen LogP contribution in [-0.4, -0.2) is 48.7 Å². The first-order chi connectivity index (χ1) is 13.2. The van der Waals surface area contributed by atoms with Gasteiger partial charge in [0.25, 0.3) is 5.91 Å². The highest BCUT2D eigenvalue weighted by molar-refractivity contribution is 5.95. The molecule has 0 N–H and O–H groups in total. The summed E-state index contributed by atoms with van der Waals surface area (Å²) < 4.78 is 42.0. The maximum Gasteiger partial charge on any atom is 0.416 e. The zero-order valence-corrected chi connectivity index (χ0v) is 15.4. The molecule has 1 amide bonds. The van der Waals surface area contributed by atoms with Crippen molar-refractivity contribution in [1.82, 2.24) is 29.7 Å². The summed E-state index contributed by atoms with van der Waals surface area (Å²) in [6.45, 7) is 2.83. The highest BCUT2D eigenvalue weighted by atomic mass is 19.4. The number of amides is 1. The highest BCUT2D eigenvalue weighted by Crippen LogP contribution is 2.32. The molecule has 3 aromatic rings. The average Bonchev–Trinajstić information content (AvgIpc) is 3.22. The Hall–Kier alpha value is -2.91. The number of carbonyl (C=O) groups excluding carboxylic acids is 1. The van der Waals surface area contributed by atoms with Crippen LogP contribution >= 0.6 is 0 Å². The van der Waals surface area contributed by atoms with Gasteiger partial charge in [0.15, 0.2) is 0 Å². The first kappa shape index (κ1) is 18.5. The Morgan fingerprint density at radius 3 is 2.75 bits per heavy atom. The minimum atomic E-state index is -4.42. The molecule has 1 aromatic carbocycles. The SMILES string of the molecule is Cc1nn(C)cc1C(=O)N1CCC[C@H](n2nnc3cc(C(F)(F)F)ccc32)C1. The second-order valence-corrected chi connectivity index (χ2v) is 7.08. The van der Waals surface area contributed by atoms with Crippen molar-refractivity contribution in [3.8, 4) is 0 Å². The van der Waals surface area contributed by atoms with Crippen LogP contribution in [0.15, 0.2) is 24.4 Å². The summed E-state index contributed by atoms with van der Waals surface area (Å²) in [6, 6.07) is 3.29. The fourth-order valence-corrected chi connectivity index (χ4v) is 3.71. The van der Waals surface area contributed by atoms with E-state index in [-0.39, 0.29) is 17.5 Å². The molecule has 0 bridgehead atoms. The van der Waals surface area contributed by atoms with Gasteiger partial charge in [-0.15, -0.1) is 5.10 Å². The summed E-state index contributed by atoms with van der Waals surface area (Å²) in [6.07, 6.45) is -1.18. The van der Waals surface area contributed by atoms with Crippen molar-refractivity contribution in [2.45, 2.75) is 32.0 Å². The summed E-state index contributed by atoms with van der Waals surface area (Å²) in [5.74, 6) is -0.0981. The molecule has 3 heterocycles. The number of hydrogen-bond acceptors (Lipinski definition) is 4. The van der Waals surface area contributed by atoms with Crippen molar-refractivity contribution in [3.05, 3.63) is 41.2 Å². The standard InChI is InChI=1S/C18H19F3N6O/c1-11-14(10-25(2)23-11)17(28)26-7-3-4-13(9-26)27-16-6-5-12(18(19,20)21)8-15(16)22-24-27/h5-6,8,10,13H,3-4,7,9H2,1-2H3/t13-/m0/s1. The van der Waals surface area contributed by atoms with Crippen LogP contribution in [-0.2, 0) is 13.2 Å². The van der Waals surface area contributed by atoms with Gasteiger partial charge in [-0.1, -0.05) is 5.21 Å². The lowest BCUT2D eigenvalue weighted by atomic mass is 10.0. The minimum absolute atomic E-state index is 0.0981. The smallest absolute Gasteiger partial charge is 0.336 e. The number of halogens is 3. The topological polar surface area (TPSA) is 68.8 Å². The van der Waals surface area contributed by atoms with Crippen LogP contribution in [0, 0.1) is 6.92 Å². The predicted molar refractivity (Wildman–Crippen MR) is 94.6 cm³/mol. The summed E-state index contributed by atoms with van der Waals surface area (Å²) in [4.78, 5) is 14.6. The Balaban J connectivity index is 1.59. The molecule has 1 fully saturated rings. The molecule has 28 heavy (non-hydrogen) atoms. The fraction of sp³-hybridized carbons (Fsp3) is 0.444. The van der Waals surface area contributed by atoms with Gasteiger partial charge in [0, 0.05) is 26.3 Å². The van der Waals surface area contributed by atoms with E-state index >= 15 is 0 Å². The van der Waals surface area contributed by atoms with Crippen molar-refractivity contribution in [3.63, 3.8) is 0 Å². The molecular formula is C18H19F3N6O. The normalized spacial score (nSPS) is 18.0. The van der Waals surface area contributed by atoms with E-state index in [4.69, 9.17) is 0 Å². The third-order valence-electron chi connectivity index (χ3n) is 5.07. The lowest BCUT2D eigenvalue weighted by Gasteiger charge is -2.32. The van der Waals surface area contributed by atoms with Crippen molar-refractivity contribution in [2.24, 2.45) is 7.05 Å². The number of rotatable bonds is 2. The Bertz CT molecular complexity index is 1040. The zero-order chi connectivity index (χ0) is 20.1. The molecule has 1 aliphatic rings. The number of hydrogen-bond donors (Lipinski definition) is 0. The van der Waals surface area contributed by atoms with E-state index in [9.17, 15) is 18.0 Å². The lowest BCUT2D eigenvalue weighted by molar-refractivity contribution is -0.137. The van der Waals surface area contributed by atoms with E-state index in [1.807, 2.05) is 0 Å². The second-order valence-electron chi connectivity index (χ2n) is 7.08. The van der Waals surface area contributed by atoms with Crippen LogP contribution < -0.4 is 0 Å². The number of piperidine rings is 1. The number of nitrogens with zero attached hydrogens (tertiary/aromatic N) is 6. The number of carbonyl (C=O) groups is 1. The van der Waals surface area contributed by atoms with Crippen molar-refractivity contribution >= 4 is 16.9 Å². The van der Waals surface area contributed by atoms with E-state index < -0.39 is 11.7 Å². The molecule has 7 nitrogen and oxygen atoms in total. The molecule has 1 aliphatic heterocycles. The van der Waals surface area contributed by atoms with Crippen LogP contribution in [0.5, 0.6) is 0 Å². The van der Waals surface area contributed by atoms with Crippen LogP contribution in [0.1, 0.15) is 40.5 Å². The third kappa shape index (κ3) is 3.23. The molecule has 1 saturated heterocycles. The van der Waals surface area contributed by atoms with E-state index in [2.05, 4.69) is 15.4 Å². The van der Waals surface area contributed by atoms with Crippen molar-refractivity contribution in [1.29, 1.82) is 0 Å². The number of fused-ring (bicyclic) bond motifs is 1. The molecule has 2 aromatic heterocycles. The molecule has 0 saturated carbocycles. The quantitative estimate of drug-likeness (QED) is 0.672. The van der Waals surface area contributed by atoms with Crippen LogP contribution in [0.3, 0.4) is 0 Å². The molecule has 0 aliphatic carbocycles. The number of alkyl halides is 3. The molecular weight excluding hydrogens is 373 g/mol. The van der Waals surface area contributed by atoms with Gasteiger partial charge in [-0.05, 0) is 38.0 Å². The van der Waals surface area contributed by atoms with Crippen LogP contribution in [0.25, 0.3) is 11.0 Å². The van der Waals surface area contributed by atoms with Gasteiger partial charge in [0.2, 0.25) is 0 Å². The lowest BCUT2D eigenvalue weighted by Crippen LogP contribution is -2.41.